The minimum absolute atomic E-state index is 0.00146. The van der Waals surface area contributed by atoms with Crippen molar-refractivity contribution in [2.45, 2.75) is 187 Å². The SMILES string of the molecule is CCCCC[C@H](O)/C=C/[C@H]1C(=O)C[C@H](O)[C@@H]1CCCCCCC(=O)OC[C@H](COP(=O)(O)O)OC(=O)CCCCCCCCCCCCC(C)C. The van der Waals surface area contributed by atoms with Gasteiger partial charge in [-0.25, -0.2) is 4.57 Å². The maximum absolute atomic E-state index is 12.5. The fraction of sp³-hybridized carbons (Fsp3) is 0.872. The lowest BCUT2D eigenvalue weighted by molar-refractivity contribution is -0.161. The Balaban J connectivity index is 2.29. The number of carbonyl (C=O) groups is 3. The van der Waals surface area contributed by atoms with E-state index in [2.05, 4.69) is 25.3 Å². The van der Waals surface area contributed by atoms with Crippen molar-refractivity contribution in [2.24, 2.45) is 17.8 Å². The quantitative estimate of drug-likeness (QED) is 0.0225. The molecule has 0 unspecified atom stereocenters. The monoisotopic (exact) mass is 746 g/mol. The molecule has 1 rings (SSSR count). The maximum atomic E-state index is 12.5. The molecule has 12 heteroatoms. The Labute approximate surface area is 307 Å². The number of esters is 2. The summed E-state index contributed by atoms with van der Waals surface area (Å²) < 4.78 is 26.3. The van der Waals surface area contributed by atoms with Crippen LogP contribution in [0, 0.1) is 17.8 Å². The molecule has 1 saturated carbocycles. The Kier molecular flexibility index (Phi) is 26.8. The maximum Gasteiger partial charge on any atom is 0.469 e. The number of allylic oxidation sites excluding steroid dienone is 1. The van der Waals surface area contributed by atoms with Gasteiger partial charge in [0.2, 0.25) is 0 Å². The first-order valence-electron chi connectivity index (χ1n) is 19.9. The van der Waals surface area contributed by atoms with E-state index in [1.807, 2.05) is 0 Å². The first-order chi connectivity index (χ1) is 24.3. The van der Waals surface area contributed by atoms with Crippen molar-refractivity contribution in [3.05, 3.63) is 12.2 Å². The molecule has 0 aromatic carbocycles. The Hall–Kier alpha value is -1.62. The van der Waals surface area contributed by atoms with Crippen LogP contribution >= 0.6 is 7.82 Å². The van der Waals surface area contributed by atoms with Gasteiger partial charge in [0.15, 0.2) is 6.10 Å². The predicted molar refractivity (Wildman–Crippen MR) is 199 cm³/mol. The van der Waals surface area contributed by atoms with E-state index in [1.165, 1.54) is 44.9 Å². The largest absolute Gasteiger partial charge is 0.469 e. The van der Waals surface area contributed by atoms with Crippen molar-refractivity contribution >= 4 is 25.5 Å². The molecule has 4 N–H and O–H groups in total. The zero-order chi connectivity index (χ0) is 37.9. The third-order valence-corrected chi connectivity index (χ3v) is 10.1. The number of ether oxygens (including phenoxy) is 2. The fourth-order valence-electron chi connectivity index (χ4n) is 6.58. The number of Topliss-reactive ketones (excluding diaryl/α,β-unsaturated/α-hetero) is 1. The summed E-state index contributed by atoms with van der Waals surface area (Å²) >= 11 is 0. The predicted octanol–water partition coefficient (Wildman–Crippen LogP) is 8.29. The number of carbonyl (C=O) groups excluding carboxylic acids is 3. The molecule has 0 aromatic heterocycles. The fourth-order valence-corrected chi connectivity index (χ4v) is 6.94. The number of ketones is 1. The van der Waals surface area contributed by atoms with E-state index in [1.54, 1.807) is 12.2 Å². The number of aliphatic hydroxyl groups is 2. The summed E-state index contributed by atoms with van der Waals surface area (Å²) in [6.45, 7) is 5.67. The van der Waals surface area contributed by atoms with Crippen LogP contribution in [0.1, 0.15) is 168 Å². The lowest BCUT2D eigenvalue weighted by atomic mass is 9.88. The van der Waals surface area contributed by atoms with Gasteiger partial charge in [-0.3, -0.25) is 18.9 Å². The minimum atomic E-state index is -4.81. The van der Waals surface area contributed by atoms with Crippen molar-refractivity contribution in [1.29, 1.82) is 0 Å². The summed E-state index contributed by atoms with van der Waals surface area (Å²) in [6.07, 6.45) is 21.4. The molecule has 298 valence electrons. The molecule has 1 aliphatic rings. The third kappa shape index (κ3) is 25.9. The molecule has 1 fully saturated rings. The minimum Gasteiger partial charge on any atom is -0.462 e. The summed E-state index contributed by atoms with van der Waals surface area (Å²) in [4.78, 5) is 55.4. The van der Waals surface area contributed by atoms with Gasteiger partial charge < -0.3 is 29.5 Å². The Morgan fingerprint density at radius 2 is 1.35 bits per heavy atom. The van der Waals surface area contributed by atoms with E-state index >= 15 is 0 Å². The summed E-state index contributed by atoms with van der Waals surface area (Å²) in [5, 5.41) is 20.6. The summed E-state index contributed by atoms with van der Waals surface area (Å²) in [5.74, 6) is -0.825. The van der Waals surface area contributed by atoms with Gasteiger partial charge in [0.05, 0.1) is 18.8 Å². The molecular weight excluding hydrogens is 675 g/mol. The van der Waals surface area contributed by atoms with Gasteiger partial charge in [-0.15, -0.1) is 0 Å². The molecule has 11 nitrogen and oxygen atoms in total. The van der Waals surface area contributed by atoms with E-state index in [0.29, 0.717) is 25.7 Å². The molecule has 0 saturated heterocycles. The van der Waals surface area contributed by atoms with Gasteiger partial charge >= 0.3 is 19.8 Å². The lowest BCUT2D eigenvalue weighted by Gasteiger charge is -2.19. The van der Waals surface area contributed by atoms with Gasteiger partial charge in [-0.2, -0.15) is 0 Å². The van der Waals surface area contributed by atoms with Crippen LogP contribution in [0.15, 0.2) is 12.2 Å². The molecule has 0 radical (unpaired) electrons. The van der Waals surface area contributed by atoms with Gasteiger partial charge in [0.1, 0.15) is 12.4 Å². The second kappa shape index (κ2) is 28.8. The highest BCUT2D eigenvalue weighted by Gasteiger charge is 2.39. The summed E-state index contributed by atoms with van der Waals surface area (Å²) in [5.41, 5.74) is 0. The lowest BCUT2D eigenvalue weighted by Crippen LogP contribution is -2.29. The van der Waals surface area contributed by atoms with Crippen LogP contribution in [0.5, 0.6) is 0 Å². The van der Waals surface area contributed by atoms with Gasteiger partial charge in [0.25, 0.3) is 0 Å². The number of rotatable bonds is 32. The van der Waals surface area contributed by atoms with E-state index in [0.717, 1.165) is 63.7 Å². The molecule has 0 aromatic rings. The Morgan fingerprint density at radius 1 is 0.804 bits per heavy atom. The number of hydrogen-bond acceptors (Lipinski definition) is 9. The van der Waals surface area contributed by atoms with Crippen molar-refractivity contribution in [2.75, 3.05) is 13.2 Å². The Bertz CT molecular complexity index is 1010. The first kappa shape index (κ1) is 47.4. The van der Waals surface area contributed by atoms with Crippen LogP contribution in [0.4, 0.5) is 0 Å². The van der Waals surface area contributed by atoms with Crippen LogP contribution in [-0.2, 0) is 32.9 Å². The van der Waals surface area contributed by atoms with Gasteiger partial charge in [-0.1, -0.05) is 136 Å². The molecule has 51 heavy (non-hydrogen) atoms. The molecule has 0 amide bonds. The van der Waals surface area contributed by atoms with E-state index in [-0.39, 0.29) is 43.5 Å². The highest BCUT2D eigenvalue weighted by atomic mass is 31.2. The Morgan fingerprint density at radius 3 is 1.94 bits per heavy atom. The number of unbranched alkanes of at least 4 members (excludes halogenated alkanes) is 14. The molecule has 5 atom stereocenters. The number of hydrogen-bond donors (Lipinski definition) is 4. The van der Waals surface area contributed by atoms with Crippen LogP contribution < -0.4 is 0 Å². The number of phosphoric acid groups is 1. The van der Waals surface area contributed by atoms with Gasteiger partial charge in [0, 0.05) is 25.2 Å². The van der Waals surface area contributed by atoms with E-state index < -0.39 is 44.7 Å². The molecule has 1 aliphatic carbocycles. The van der Waals surface area contributed by atoms with Crippen molar-refractivity contribution in [1.82, 2.24) is 0 Å². The number of aliphatic hydroxyl groups excluding tert-OH is 2. The van der Waals surface area contributed by atoms with Crippen LogP contribution in [-0.4, -0.2) is 69.2 Å². The molecule has 0 heterocycles. The van der Waals surface area contributed by atoms with E-state index in [9.17, 15) is 29.2 Å². The molecule has 0 spiro atoms. The average molecular weight is 747 g/mol. The van der Waals surface area contributed by atoms with Crippen molar-refractivity contribution in [3.8, 4) is 0 Å². The first-order valence-corrected chi connectivity index (χ1v) is 21.5. The van der Waals surface area contributed by atoms with Crippen LogP contribution in [0.2, 0.25) is 0 Å². The standard InChI is InChI=1S/C39H71O11P/c1-4-5-16-22-32(40)26-27-35-34(36(41)28-37(35)42)23-18-14-15-19-24-38(43)48-29-33(30-49-51(45,46)47)50-39(44)25-20-13-11-9-7-6-8-10-12-17-21-31(2)3/h26-27,31-36,40-41H,4-25,28-30H2,1-3H3,(H2,45,46,47)/b27-26+/t32-,33+,34+,35+,36-/m0/s1. The summed E-state index contributed by atoms with van der Waals surface area (Å²) in [7, 11) is -4.81. The normalized spacial score (nSPS) is 19.2. The van der Waals surface area contributed by atoms with Crippen LogP contribution in [0.3, 0.4) is 0 Å². The average Bonchev–Trinajstić information content (AvgIpc) is 3.33. The zero-order valence-corrected chi connectivity index (χ0v) is 32.8. The number of phosphoric ester groups is 1. The van der Waals surface area contributed by atoms with E-state index in [4.69, 9.17) is 19.3 Å². The molecular formula is C39H71O11P. The highest BCUT2D eigenvalue weighted by molar-refractivity contribution is 7.46. The van der Waals surface area contributed by atoms with Crippen LogP contribution in [0.25, 0.3) is 0 Å². The molecule has 0 aliphatic heterocycles. The second-order valence-corrected chi connectivity index (χ2v) is 16.1. The smallest absolute Gasteiger partial charge is 0.462 e. The highest BCUT2D eigenvalue weighted by Crippen LogP contribution is 2.36. The summed E-state index contributed by atoms with van der Waals surface area (Å²) in [6, 6.07) is 0. The van der Waals surface area contributed by atoms with Crippen molar-refractivity contribution < 1.29 is 52.9 Å². The third-order valence-electron chi connectivity index (χ3n) is 9.62. The van der Waals surface area contributed by atoms with Gasteiger partial charge in [-0.05, 0) is 37.5 Å². The zero-order valence-electron chi connectivity index (χ0n) is 31.9. The van der Waals surface area contributed by atoms with Crippen molar-refractivity contribution in [3.63, 3.8) is 0 Å². The topological polar surface area (TPSA) is 177 Å². The molecule has 0 bridgehead atoms. The second-order valence-electron chi connectivity index (χ2n) is 14.9.